The van der Waals surface area contributed by atoms with Gasteiger partial charge in [-0.05, 0) is 31.6 Å². The largest absolute Gasteiger partial charge is 0.373 e. The fraction of sp³-hybridized carbons (Fsp3) is 0.846. The standard InChI is InChI=1S/C13H21N3O2/c1-17-11(9-5-3-2-4-6-9)12-15-13(18-16-12)14-10-7-8-10/h9-11H,2-8H2,1H3,(H,14,15,16). The van der Waals surface area contributed by atoms with Gasteiger partial charge in [0.05, 0.1) is 0 Å². The second-order valence-corrected chi connectivity index (χ2v) is 5.43. The monoisotopic (exact) mass is 251 g/mol. The Morgan fingerprint density at radius 1 is 1.22 bits per heavy atom. The third-order valence-electron chi connectivity index (χ3n) is 3.93. The van der Waals surface area contributed by atoms with Crippen molar-refractivity contribution in [1.82, 2.24) is 10.1 Å². The van der Waals surface area contributed by atoms with Crippen molar-refractivity contribution in [3.8, 4) is 0 Å². The van der Waals surface area contributed by atoms with E-state index in [0.717, 1.165) is 0 Å². The number of hydrogen-bond donors (Lipinski definition) is 1. The number of methoxy groups -OCH3 is 1. The van der Waals surface area contributed by atoms with Crippen molar-refractivity contribution in [3.05, 3.63) is 5.82 Å². The van der Waals surface area contributed by atoms with E-state index in [1.165, 1.54) is 44.9 Å². The molecular formula is C13H21N3O2. The molecule has 0 radical (unpaired) electrons. The van der Waals surface area contributed by atoms with Gasteiger partial charge in [-0.15, -0.1) is 0 Å². The summed E-state index contributed by atoms with van der Waals surface area (Å²) in [6.45, 7) is 0. The van der Waals surface area contributed by atoms with E-state index in [4.69, 9.17) is 9.26 Å². The molecule has 100 valence electrons. The van der Waals surface area contributed by atoms with Crippen LogP contribution in [-0.2, 0) is 4.74 Å². The van der Waals surface area contributed by atoms with E-state index in [9.17, 15) is 0 Å². The molecule has 18 heavy (non-hydrogen) atoms. The maximum Gasteiger partial charge on any atom is 0.321 e. The van der Waals surface area contributed by atoms with Crippen molar-refractivity contribution in [3.63, 3.8) is 0 Å². The van der Waals surface area contributed by atoms with Gasteiger partial charge in [0, 0.05) is 13.2 Å². The summed E-state index contributed by atoms with van der Waals surface area (Å²) in [6.07, 6.45) is 8.72. The Labute approximate surface area is 107 Å². The smallest absolute Gasteiger partial charge is 0.321 e. The zero-order chi connectivity index (χ0) is 12.4. The Morgan fingerprint density at radius 2 is 2.00 bits per heavy atom. The molecule has 0 saturated heterocycles. The van der Waals surface area contributed by atoms with Crippen LogP contribution in [0.2, 0.25) is 0 Å². The van der Waals surface area contributed by atoms with Crippen LogP contribution in [0.15, 0.2) is 4.52 Å². The lowest BCUT2D eigenvalue weighted by Crippen LogP contribution is -2.19. The second kappa shape index (κ2) is 5.26. The molecule has 0 aliphatic heterocycles. The van der Waals surface area contributed by atoms with Crippen molar-refractivity contribution in [2.45, 2.75) is 57.1 Å². The molecule has 1 aromatic rings. The van der Waals surface area contributed by atoms with Gasteiger partial charge >= 0.3 is 6.01 Å². The predicted octanol–water partition coefficient (Wildman–Crippen LogP) is 2.91. The molecule has 0 spiro atoms. The van der Waals surface area contributed by atoms with Crippen LogP contribution >= 0.6 is 0 Å². The van der Waals surface area contributed by atoms with Gasteiger partial charge in [0.25, 0.3) is 0 Å². The van der Waals surface area contributed by atoms with E-state index < -0.39 is 0 Å². The van der Waals surface area contributed by atoms with Gasteiger partial charge in [-0.1, -0.05) is 24.4 Å². The number of nitrogens with zero attached hydrogens (tertiary/aromatic N) is 2. The summed E-state index contributed by atoms with van der Waals surface area (Å²) in [6, 6.07) is 1.08. The first kappa shape index (κ1) is 12.0. The quantitative estimate of drug-likeness (QED) is 0.871. The molecule has 2 fully saturated rings. The predicted molar refractivity (Wildman–Crippen MR) is 67.3 cm³/mol. The fourth-order valence-corrected chi connectivity index (χ4v) is 2.76. The molecular weight excluding hydrogens is 230 g/mol. The lowest BCUT2D eigenvalue weighted by Gasteiger charge is -2.26. The fourth-order valence-electron chi connectivity index (χ4n) is 2.76. The first-order chi connectivity index (χ1) is 8.86. The summed E-state index contributed by atoms with van der Waals surface area (Å²) in [5, 5.41) is 7.29. The van der Waals surface area contributed by atoms with E-state index in [1.807, 2.05) is 0 Å². The second-order valence-electron chi connectivity index (χ2n) is 5.43. The topological polar surface area (TPSA) is 60.2 Å². The molecule has 0 bridgehead atoms. The normalized spacial score (nSPS) is 22.9. The molecule has 3 rings (SSSR count). The number of rotatable bonds is 5. The van der Waals surface area contributed by atoms with Crippen molar-refractivity contribution < 1.29 is 9.26 Å². The number of anilines is 1. The zero-order valence-electron chi connectivity index (χ0n) is 10.9. The molecule has 2 aliphatic carbocycles. The molecule has 1 atom stereocenters. The summed E-state index contributed by atoms with van der Waals surface area (Å²) in [7, 11) is 1.74. The minimum atomic E-state index is -0.0104. The van der Waals surface area contributed by atoms with Crippen LogP contribution in [0.3, 0.4) is 0 Å². The Balaban J connectivity index is 1.67. The van der Waals surface area contributed by atoms with Crippen molar-refractivity contribution in [2.24, 2.45) is 5.92 Å². The number of hydrogen-bond acceptors (Lipinski definition) is 5. The SMILES string of the molecule is COC(c1noc(NC2CC2)n1)C1CCCCC1. The Hall–Kier alpha value is -1.10. The van der Waals surface area contributed by atoms with Gasteiger partial charge in [0.1, 0.15) is 6.10 Å². The third kappa shape index (κ3) is 2.66. The van der Waals surface area contributed by atoms with Crippen LogP contribution in [0.1, 0.15) is 56.9 Å². The molecule has 1 N–H and O–H groups in total. The Bertz CT molecular complexity index is 383. The Kier molecular flexibility index (Phi) is 3.50. The van der Waals surface area contributed by atoms with E-state index in [-0.39, 0.29) is 6.10 Å². The van der Waals surface area contributed by atoms with Gasteiger partial charge in [-0.3, -0.25) is 0 Å². The van der Waals surface area contributed by atoms with Crippen LogP contribution in [0, 0.1) is 5.92 Å². The van der Waals surface area contributed by atoms with Crippen LogP contribution in [-0.4, -0.2) is 23.3 Å². The van der Waals surface area contributed by atoms with E-state index in [1.54, 1.807) is 7.11 Å². The summed E-state index contributed by atoms with van der Waals surface area (Å²) >= 11 is 0. The van der Waals surface area contributed by atoms with Crippen molar-refractivity contribution in [2.75, 3.05) is 12.4 Å². The first-order valence-electron chi connectivity index (χ1n) is 7.00. The van der Waals surface area contributed by atoms with Crippen molar-refractivity contribution >= 4 is 6.01 Å². The number of ether oxygens (including phenoxy) is 1. The molecule has 2 aliphatic rings. The molecule has 5 heteroatoms. The summed E-state index contributed by atoms with van der Waals surface area (Å²) < 4.78 is 10.8. The highest BCUT2D eigenvalue weighted by Gasteiger charge is 2.30. The Morgan fingerprint density at radius 3 is 2.67 bits per heavy atom. The molecule has 0 aromatic carbocycles. The third-order valence-corrected chi connectivity index (χ3v) is 3.93. The highest BCUT2D eigenvalue weighted by Crippen LogP contribution is 2.35. The lowest BCUT2D eigenvalue weighted by molar-refractivity contribution is 0.0274. The van der Waals surface area contributed by atoms with Gasteiger partial charge in [0.2, 0.25) is 5.82 Å². The van der Waals surface area contributed by atoms with Crippen LogP contribution in [0.25, 0.3) is 0 Å². The van der Waals surface area contributed by atoms with Gasteiger partial charge in [-0.2, -0.15) is 4.98 Å². The van der Waals surface area contributed by atoms with Gasteiger partial charge < -0.3 is 14.6 Å². The van der Waals surface area contributed by atoms with Crippen LogP contribution in [0.5, 0.6) is 0 Å². The number of nitrogens with one attached hydrogen (secondary N) is 1. The average molecular weight is 251 g/mol. The van der Waals surface area contributed by atoms with E-state index in [2.05, 4.69) is 15.5 Å². The molecule has 1 aromatic heterocycles. The molecule has 0 amide bonds. The first-order valence-corrected chi connectivity index (χ1v) is 7.00. The maximum atomic E-state index is 5.60. The summed E-state index contributed by atoms with van der Waals surface area (Å²) in [4.78, 5) is 4.42. The highest BCUT2D eigenvalue weighted by atomic mass is 16.5. The molecule has 1 heterocycles. The highest BCUT2D eigenvalue weighted by molar-refractivity contribution is 5.23. The molecule has 5 nitrogen and oxygen atoms in total. The van der Waals surface area contributed by atoms with Gasteiger partial charge in [-0.25, -0.2) is 0 Å². The molecule has 1 unspecified atom stereocenters. The van der Waals surface area contributed by atoms with Crippen LogP contribution in [0.4, 0.5) is 6.01 Å². The van der Waals surface area contributed by atoms with Crippen molar-refractivity contribution in [1.29, 1.82) is 0 Å². The minimum absolute atomic E-state index is 0.0104. The van der Waals surface area contributed by atoms with E-state index >= 15 is 0 Å². The van der Waals surface area contributed by atoms with E-state index in [0.29, 0.717) is 23.8 Å². The maximum absolute atomic E-state index is 5.60. The summed E-state index contributed by atoms with van der Waals surface area (Å²) in [5.74, 6) is 1.24. The van der Waals surface area contributed by atoms with Gasteiger partial charge in [0.15, 0.2) is 0 Å². The summed E-state index contributed by atoms with van der Waals surface area (Å²) in [5.41, 5.74) is 0. The molecule has 2 saturated carbocycles. The number of aromatic nitrogens is 2. The average Bonchev–Trinajstić information content (AvgIpc) is 3.10. The van der Waals surface area contributed by atoms with Crippen LogP contribution < -0.4 is 5.32 Å². The minimum Gasteiger partial charge on any atom is -0.373 e. The zero-order valence-corrected chi connectivity index (χ0v) is 10.9. The lowest BCUT2D eigenvalue weighted by atomic mass is 9.85.